The van der Waals surface area contributed by atoms with Crippen LogP contribution in [0.5, 0.6) is 0 Å². The monoisotopic (exact) mass is 640 g/mol. The van der Waals surface area contributed by atoms with Gasteiger partial charge in [0.15, 0.2) is 11.6 Å². The minimum Gasteiger partial charge on any atom is -0.249 e. The van der Waals surface area contributed by atoms with Crippen LogP contribution < -0.4 is 0 Å². The number of nitrogens with zero attached hydrogens (tertiary/aromatic N) is 6. The van der Waals surface area contributed by atoms with E-state index in [9.17, 15) is 0 Å². The molecule has 0 bridgehead atoms. The molecule has 0 amide bonds. The summed E-state index contributed by atoms with van der Waals surface area (Å²) in [7, 11) is 0. The Kier molecular flexibility index (Phi) is 12.5. The lowest BCUT2D eigenvalue weighted by molar-refractivity contribution is 0.833. The van der Waals surface area contributed by atoms with E-state index in [4.69, 9.17) is 29.9 Å². The summed E-state index contributed by atoms with van der Waals surface area (Å²) in [6.07, 6.45) is 11.9. The molecule has 0 unspecified atom stereocenters. The third-order valence-corrected chi connectivity index (χ3v) is 8.54. The number of aryl methyl sites for hydroxylation is 6. The van der Waals surface area contributed by atoms with Crippen LogP contribution >= 0.6 is 0 Å². The van der Waals surface area contributed by atoms with E-state index in [0.29, 0.717) is 0 Å². The maximum absolute atomic E-state index is 5.33. The standard InChI is InChI=1S/C42H52N6/c1-7-13-33-27-34(14-8-2)44-41(43-33)31-23-19-29(20-24-31)39-37(17-11-5)48-40(38(47-39)18-12-6)30-21-25-32(26-22-30)42-45-35(15-9-3)28-36(46-42)16-10-4/h19-28H,7-18H2,1-6H3. The Balaban J connectivity index is 1.50. The van der Waals surface area contributed by atoms with Gasteiger partial charge in [-0.15, -0.1) is 0 Å². The van der Waals surface area contributed by atoms with E-state index in [2.05, 4.69) is 102 Å². The Bertz CT molecular complexity index is 1600. The molecular formula is C42H52N6. The fraction of sp³-hybridized carbons (Fsp3) is 0.429. The van der Waals surface area contributed by atoms with Gasteiger partial charge in [0, 0.05) is 45.0 Å². The molecule has 3 heterocycles. The first-order valence-electron chi connectivity index (χ1n) is 18.3. The molecule has 0 saturated heterocycles. The van der Waals surface area contributed by atoms with E-state index in [-0.39, 0.29) is 0 Å². The zero-order valence-corrected chi connectivity index (χ0v) is 29.9. The van der Waals surface area contributed by atoms with E-state index in [1.165, 1.54) is 0 Å². The van der Waals surface area contributed by atoms with Crippen LogP contribution in [0.2, 0.25) is 0 Å². The molecule has 0 spiro atoms. The fourth-order valence-corrected chi connectivity index (χ4v) is 6.25. The summed E-state index contributed by atoms with van der Waals surface area (Å²) in [5, 5.41) is 0. The van der Waals surface area contributed by atoms with Gasteiger partial charge in [-0.3, -0.25) is 0 Å². The van der Waals surface area contributed by atoms with Crippen LogP contribution in [0.1, 0.15) is 114 Å². The molecule has 6 heteroatoms. The number of aromatic nitrogens is 6. The van der Waals surface area contributed by atoms with Crippen molar-refractivity contribution in [3.8, 4) is 45.3 Å². The van der Waals surface area contributed by atoms with Crippen molar-refractivity contribution in [1.29, 1.82) is 0 Å². The molecule has 250 valence electrons. The quantitative estimate of drug-likeness (QED) is 0.107. The van der Waals surface area contributed by atoms with E-state index in [1.807, 2.05) is 0 Å². The van der Waals surface area contributed by atoms with Crippen LogP contribution in [-0.4, -0.2) is 29.9 Å². The highest BCUT2D eigenvalue weighted by atomic mass is 14.9. The molecular weight excluding hydrogens is 589 g/mol. The minimum atomic E-state index is 0.811. The molecule has 0 aliphatic carbocycles. The Hall–Kier alpha value is -4.32. The van der Waals surface area contributed by atoms with Gasteiger partial charge >= 0.3 is 0 Å². The van der Waals surface area contributed by atoms with Gasteiger partial charge in [-0.2, -0.15) is 0 Å². The molecule has 0 aliphatic heterocycles. The van der Waals surface area contributed by atoms with Crippen molar-refractivity contribution in [2.24, 2.45) is 0 Å². The third kappa shape index (κ3) is 8.58. The van der Waals surface area contributed by atoms with Crippen molar-refractivity contribution in [2.75, 3.05) is 0 Å². The van der Waals surface area contributed by atoms with Gasteiger partial charge in [0.2, 0.25) is 0 Å². The Labute approximate surface area is 288 Å². The molecule has 0 saturated carbocycles. The normalized spacial score (nSPS) is 11.3. The number of hydrogen-bond donors (Lipinski definition) is 0. The maximum atomic E-state index is 5.33. The summed E-state index contributed by atoms with van der Waals surface area (Å²) < 4.78 is 0. The molecule has 0 aliphatic rings. The summed E-state index contributed by atoms with van der Waals surface area (Å²) in [4.78, 5) is 30.3. The Morgan fingerprint density at radius 2 is 0.604 bits per heavy atom. The molecule has 0 fully saturated rings. The van der Waals surface area contributed by atoms with Crippen molar-refractivity contribution in [1.82, 2.24) is 29.9 Å². The summed E-state index contributed by atoms with van der Waals surface area (Å²) in [6.45, 7) is 13.2. The van der Waals surface area contributed by atoms with E-state index in [0.717, 1.165) is 157 Å². The van der Waals surface area contributed by atoms with Crippen molar-refractivity contribution >= 4 is 0 Å². The predicted molar refractivity (Wildman–Crippen MR) is 199 cm³/mol. The van der Waals surface area contributed by atoms with Crippen LogP contribution in [0.3, 0.4) is 0 Å². The second-order valence-corrected chi connectivity index (χ2v) is 12.8. The largest absolute Gasteiger partial charge is 0.249 e. The van der Waals surface area contributed by atoms with Gasteiger partial charge in [-0.1, -0.05) is 129 Å². The molecule has 3 aromatic heterocycles. The molecule has 0 N–H and O–H groups in total. The summed E-state index contributed by atoms with van der Waals surface area (Å²) in [5.41, 5.74) is 12.8. The van der Waals surface area contributed by atoms with E-state index >= 15 is 0 Å². The highest BCUT2D eigenvalue weighted by Gasteiger charge is 2.17. The lowest BCUT2D eigenvalue weighted by Crippen LogP contribution is -2.06. The molecule has 5 aromatic rings. The smallest absolute Gasteiger partial charge is 0.159 e. The Morgan fingerprint density at radius 1 is 0.333 bits per heavy atom. The average Bonchev–Trinajstić information content (AvgIpc) is 3.09. The van der Waals surface area contributed by atoms with Gasteiger partial charge in [-0.25, -0.2) is 29.9 Å². The van der Waals surface area contributed by atoms with Crippen LogP contribution in [0.25, 0.3) is 45.3 Å². The number of hydrogen-bond acceptors (Lipinski definition) is 6. The van der Waals surface area contributed by atoms with Crippen LogP contribution in [0.15, 0.2) is 60.7 Å². The number of rotatable bonds is 16. The first-order valence-corrected chi connectivity index (χ1v) is 18.3. The first kappa shape index (κ1) is 35.0. The Morgan fingerprint density at radius 3 is 0.875 bits per heavy atom. The van der Waals surface area contributed by atoms with E-state index < -0.39 is 0 Å². The van der Waals surface area contributed by atoms with E-state index in [1.54, 1.807) is 0 Å². The van der Waals surface area contributed by atoms with Crippen molar-refractivity contribution in [2.45, 2.75) is 119 Å². The van der Waals surface area contributed by atoms with Gasteiger partial charge < -0.3 is 0 Å². The topological polar surface area (TPSA) is 77.3 Å². The summed E-state index contributed by atoms with van der Waals surface area (Å²) in [5.74, 6) is 1.62. The molecule has 48 heavy (non-hydrogen) atoms. The van der Waals surface area contributed by atoms with Crippen molar-refractivity contribution < 1.29 is 0 Å². The van der Waals surface area contributed by atoms with Gasteiger partial charge in [0.1, 0.15) is 0 Å². The van der Waals surface area contributed by atoms with Gasteiger partial charge in [0.25, 0.3) is 0 Å². The third-order valence-electron chi connectivity index (χ3n) is 8.54. The molecule has 0 atom stereocenters. The minimum absolute atomic E-state index is 0.811. The highest BCUT2D eigenvalue weighted by Crippen LogP contribution is 2.31. The lowest BCUT2D eigenvalue weighted by Gasteiger charge is -2.15. The van der Waals surface area contributed by atoms with Crippen molar-refractivity contribution in [3.63, 3.8) is 0 Å². The van der Waals surface area contributed by atoms with Crippen LogP contribution in [-0.2, 0) is 38.5 Å². The fourth-order valence-electron chi connectivity index (χ4n) is 6.25. The van der Waals surface area contributed by atoms with Gasteiger partial charge in [0.05, 0.1) is 22.8 Å². The van der Waals surface area contributed by atoms with Crippen molar-refractivity contribution in [3.05, 3.63) is 94.8 Å². The summed E-state index contributed by atoms with van der Waals surface area (Å²) >= 11 is 0. The van der Waals surface area contributed by atoms with Gasteiger partial charge in [-0.05, 0) is 50.7 Å². The maximum Gasteiger partial charge on any atom is 0.159 e. The SMILES string of the molecule is CCCc1cc(CCC)nc(-c2ccc(-c3nc(CCC)c(-c4ccc(-c5nc(CCC)cc(CCC)n5)cc4)nc3CCC)cc2)n1. The zero-order valence-electron chi connectivity index (χ0n) is 29.9. The first-order chi connectivity index (χ1) is 23.5. The van der Waals surface area contributed by atoms with Crippen LogP contribution in [0.4, 0.5) is 0 Å². The molecule has 2 aromatic carbocycles. The second-order valence-electron chi connectivity index (χ2n) is 12.8. The lowest BCUT2D eigenvalue weighted by atomic mass is 10.0. The number of benzene rings is 2. The predicted octanol–water partition coefficient (Wildman–Crippen LogP) is 10.4. The zero-order chi connectivity index (χ0) is 33.9. The highest BCUT2D eigenvalue weighted by molar-refractivity contribution is 5.71. The van der Waals surface area contributed by atoms with Crippen LogP contribution in [0, 0.1) is 0 Å². The summed E-state index contributed by atoms with van der Waals surface area (Å²) in [6, 6.07) is 21.6. The average molecular weight is 641 g/mol. The molecule has 0 radical (unpaired) electrons. The molecule has 5 rings (SSSR count). The second kappa shape index (κ2) is 17.2. The molecule has 6 nitrogen and oxygen atoms in total.